The van der Waals surface area contributed by atoms with E-state index in [-0.39, 0.29) is 32.5 Å². The molecule has 0 amide bonds. The second-order valence-electron chi connectivity index (χ2n) is 9.38. The summed E-state index contributed by atoms with van der Waals surface area (Å²) < 4.78 is 5.80. The van der Waals surface area contributed by atoms with Crippen molar-refractivity contribution in [1.29, 1.82) is 0 Å². The van der Waals surface area contributed by atoms with Gasteiger partial charge >= 0.3 is 0 Å². The molecule has 0 atom stereocenters. The molecule has 0 bridgehead atoms. The van der Waals surface area contributed by atoms with E-state index in [4.69, 9.17) is 4.74 Å². The average Bonchev–Trinajstić information content (AvgIpc) is 3.09. The Kier molecular flexibility index (Phi) is 16.2. The Hall–Kier alpha value is -1.09. The molecule has 3 heteroatoms. The molecule has 0 fully saturated rings. The second-order valence-corrected chi connectivity index (χ2v) is 10.5. The van der Waals surface area contributed by atoms with Crippen molar-refractivity contribution >= 4 is 9.52 Å². The van der Waals surface area contributed by atoms with E-state index < -0.39 is 0 Å². The van der Waals surface area contributed by atoms with Crippen LogP contribution in [-0.4, -0.2) is 9.52 Å². The van der Waals surface area contributed by atoms with Crippen molar-refractivity contribution in [3.63, 3.8) is 0 Å². The fourth-order valence-corrected chi connectivity index (χ4v) is 2.02. The van der Waals surface area contributed by atoms with Crippen molar-refractivity contribution in [1.82, 2.24) is 0 Å². The van der Waals surface area contributed by atoms with E-state index in [2.05, 4.69) is 92.8 Å². The molecule has 0 aliphatic heterocycles. The first kappa shape index (κ1) is 31.1. The van der Waals surface area contributed by atoms with Crippen LogP contribution in [-0.2, 0) is 21.7 Å². The van der Waals surface area contributed by atoms with Gasteiger partial charge in [0.1, 0.15) is 5.75 Å². The molecule has 1 aromatic carbocycles. The smallest absolute Gasteiger partial charge is 0.126 e. The Labute approximate surface area is 204 Å². The summed E-state index contributed by atoms with van der Waals surface area (Å²) >= 11 is 0. The molecule has 1 aromatic rings. The van der Waals surface area contributed by atoms with E-state index in [0.29, 0.717) is 0 Å². The number of hydrogen-bond donors (Lipinski definition) is 0. The average molecular weight is 459 g/mol. The summed E-state index contributed by atoms with van der Waals surface area (Å²) in [5, 5.41) is 0. The van der Waals surface area contributed by atoms with Crippen LogP contribution in [0, 0.1) is 16.9 Å². The van der Waals surface area contributed by atoms with E-state index >= 15 is 0 Å². The monoisotopic (exact) mass is 458 g/mol. The van der Waals surface area contributed by atoms with Crippen molar-refractivity contribution in [3.8, 4) is 5.75 Å². The molecule has 0 saturated carbocycles. The van der Waals surface area contributed by atoms with Crippen LogP contribution < -0.4 is 4.74 Å². The Balaban J connectivity index is 0. The van der Waals surface area contributed by atoms with Gasteiger partial charge in [0.05, 0.1) is 6.26 Å². The Morgan fingerprint density at radius 3 is 1.87 bits per heavy atom. The van der Waals surface area contributed by atoms with Gasteiger partial charge in [-0.25, -0.2) is 11.6 Å². The van der Waals surface area contributed by atoms with E-state index in [1.165, 1.54) is 16.7 Å². The van der Waals surface area contributed by atoms with Gasteiger partial charge in [0.25, 0.3) is 0 Å². The van der Waals surface area contributed by atoms with Crippen LogP contribution in [0.3, 0.4) is 0 Å². The first-order valence-electron chi connectivity index (χ1n) is 10.5. The molecule has 1 nitrogen and oxygen atoms in total. The summed E-state index contributed by atoms with van der Waals surface area (Å²) in [6.45, 7) is 22.0. The van der Waals surface area contributed by atoms with E-state index in [0.717, 1.165) is 21.7 Å². The van der Waals surface area contributed by atoms with Crippen molar-refractivity contribution in [2.24, 2.45) is 10.8 Å². The quantitative estimate of drug-likeness (QED) is 0.192. The number of para-hydroxylation sites is 1. The van der Waals surface area contributed by atoms with Crippen LogP contribution in [0.5, 0.6) is 5.75 Å². The summed E-state index contributed by atoms with van der Waals surface area (Å²) in [4.78, 5) is 0. The minimum Gasteiger partial charge on any atom is -0.465 e. The maximum Gasteiger partial charge on any atom is 0.126 e. The van der Waals surface area contributed by atoms with Crippen LogP contribution in [0.15, 0.2) is 71.5 Å². The fraction of sp³-hybridized carbons (Fsp3) is 0.481. The molecule has 0 N–H and O–H groups in total. The summed E-state index contributed by atoms with van der Waals surface area (Å²) in [6, 6.07) is 9.89. The predicted octanol–water partition coefficient (Wildman–Crippen LogP) is 8.20. The number of rotatable bonds is 3. The molecule has 1 radical (unpaired) electrons. The van der Waals surface area contributed by atoms with Gasteiger partial charge in [-0.05, 0) is 35.5 Å². The largest absolute Gasteiger partial charge is 0.465 e. The van der Waals surface area contributed by atoms with Crippen LogP contribution in [0.1, 0.15) is 61.8 Å². The molecule has 1 aliphatic carbocycles. The van der Waals surface area contributed by atoms with Gasteiger partial charge in [-0.1, -0.05) is 91.4 Å². The third-order valence-corrected chi connectivity index (χ3v) is 4.35. The topological polar surface area (TPSA) is 9.23 Å². The van der Waals surface area contributed by atoms with Gasteiger partial charge in [0, 0.05) is 31.2 Å². The van der Waals surface area contributed by atoms with E-state index in [1.54, 1.807) is 0 Å². The van der Waals surface area contributed by atoms with Gasteiger partial charge < -0.3 is 4.74 Å². The third kappa shape index (κ3) is 14.8. The first-order valence-corrected chi connectivity index (χ1v) is 12.8. The molecule has 165 valence electrons. The number of ether oxygens (including phenoxy) is 1. The molecule has 0 aromatic heterocycles. The Bertz CT molecular complexity index is 696. The molecular formula is C27H42OSiTi-. The molecule has 2 rings (SSSR count). The summed E-state index contributed by atoms with van der Waals surface area (Å²) in [6.07, 6.45) is 12.5. The van der Waals surface area contributed by atoms with Gasteiger partial charge in [0.15, 0.2) is 0 Å². The van der Waals surface area contributed by atoms with Crippen LogP contribution in [0.2, 0.25) is 13.1 Å². The molecule has 0 unspecified atom stereocenters. The van der Waals surface area contributed by atoms with Crippen molar-refractivity contribution in [3.05, 3.63) is 77.6 Å². The molecule has 30 heavy (non-hydrogen) atoms. The van der Waals surface area contributed by atoms with Crippen molar-refractivity contribution < 1.29 is 26.5 Å². The zero-order valence-electron chi connectivity index (χ0n) is 20.9. The fourth-order valence-electron chi connectivity index (χ4n) is 2.02. The van der Waals surface area contributed by atoms with Crippen molar-refractivity contribution in [2.45, 2.75) is 74.9 Å². The standard InChI is InChI=1S/C19H28O.C6H7.C2H7Si.Ti/c1-15(18(2,3)4)13-16(19(5,6)7)14-20-17-11-9-8-10-12-17;1-6-4-2-3-5-6;1-3-2;/h8-14H,1-7H3;2,4H,3H2,1H3;3H,1-2H3;/q;-1;;. The van der Waals surface area contributed by atoms with E-state index in [1.807, 2.05) is 36.6 Å². The van der Waals surface area contributed by atoms with E-state index in [9.17, 15) is 0 Å². The predicted molar refractivity (Wildman–Crippen MR) is 133 cm³/mol. The maximum atomic E-state index is 5.80. The van der Waals surface area contributed by atoms with Gasteiger partial charge in [0.2, 0.25) is 0 Å². The zero-order chi connectivity index (χ0) is 22.5. The molecular weight excluding hydrogens is 416 g/mol. The summed E-state index contributed by atoms with van der Waals surface area (Å²) in [7, 11) is 0.750. The second kappa shape index (κ2) is 15.7. The number of allylic oxidation sites excluding steroid dienone is 7. The van der Waals surface area contributed by atoms with Crippen LogP contribution >= 0.6 is 0 Å². The Morgan fingerprint density at radius 2 is 1.53 bits per heavy atom. The number of benzene rings is 1. The maximum absolute atomic E-state index is 5.80. The molecule has 1 aliphatic rings. The SMILES string of the molecule is CC(=CC(=COc1ccccc1)C(C)(C)C)C(C)(C)C.CC1=[C-]CC=C1.C[SiH]C.[Ti]. The molecule has 0 spiro atoms. The minimum absolute atomic E-state index is 0. The van der Waals surface area contributed by atoms with Gasteiger partial charge in [-0.15, -0.1) is 6.42 Å². The normalized spacial score (nSPS) is 13.9. The van der Waals surface area contributed by atoms with Crippen molar-refractivity contribution in [2.75, 3.05) is 0 Å². The van der Waals surface area contributed by atoms with Gasteiger partial charge in [-0.3, -0.25) is 6.08 Å². The third-order valence-electron chi connectivity index (χ3n) is 4.35. The minimum atomic E-state index is 0. The molecule has 0 saturated heterocycles. The van der Waals surface area contributed by atoms with Gasteiger partial charge in [-0.2, -0.15) is 6.08 Å². The number of hydrogen-bond acceptors (Lipinski definition) is 1. The Morgan fingerprint density at radius 1 is 1.00 bits per heavy atom. The molecule has 0 heterocycles. The summed E-state index contributed by atoms with van der Waals surface area (Å²) in [5.74, 6) is 0.871. The first-order chi connectivity index (χ1) is 13.4. The van der Waals surface area contributed by atoms with Crippen LogP contribution in [0.25, 0.3) is 0 Å². The zero-order valence-corrected chi connectivity index (χ0v) is 23.6. The summed E-state index contributed by atoms with van der Waals surface area (Å²) in [5.41, 5.74) is 4.07. The van der Waals surface area contributed by atoms with Crippen LogP contribution in [0.4, 0.5) is 0 Å².